The molecule has 1 fully saturated rings. The van der Waals surface area contributed by atoms with E-state index in [1.807, 2.05) is 20.8 Å². The van der Waals surface area contributed by atoms with Crippen LogP contribution in [0.3, 0.4) is 0 Å². The van der Waals surface area contributed by atoms with Crippen LogP contribution in [0.1, 0.15) is 33.6 Å². The average molecular weight is 227 g/mol. The number of hydrogen-bond donors (Lipinski definition) is 1. The molecule has 1 aliphatic heterocycles. The average Bonchev–Trinajstić information content (AvgIpc) is 2.62. The van der Waals surface area contributed by atoms with Crippen molar-refractivity contribution in [3.05, 3.63) is 0 Å². The summed E-state index contributed by atoms with van der Waals surface area (Å²) in [5, 5.41) is 9.00. The monoisotopic (exact) mass is 227 g/mol. The zero-order chi connectivity index (χ0) is 12.3. The Labute approximate surface area is 96.6 Å². The van der Waals surface area contributed by atoms with Gasteiger partial charge < -0.3 is 10.0 Å². The maximum absolute atomic E-state index is 12.1. The number of carboxylic acids is 1. The Morgan fingerprint density at radius 2 is 1.88 bits per heavy atom. The molecule has 2 atom stereocenters. The van der Waals surface area contributed by atoms with Gasteiger partial charge >= 0.3 is 5.97 Å². The SMILES string of the molecule is CCC(CC)C(=O)N1CC(C)C(C(=O)O)C1. The molecule has 0 bridgehead atoms. The van der Waals surface area contributed by atoms with Crippen LogP contribution in [0.4, 0.5) is 0 Å². The molecule has 1 heterocycles. The van der Waals surface area contributed by atoms with Crippen molar-refractivity contribution in [2.75, 3.05) is 13.1 Å². The van der Waals surface area contributed by atoms with Crippen molar-refractivity contribution in [2.24, 2.45) is 17.8 Å². The molecule has 1 aliphatic rings. The number of rotatable bonds is 4. The highest BCUT2D eigenvalue weighted by atomic mass is 16.4. The van der Waals surface area contributed by atoms with E-state index >= 15 is 0 Å². The minimum Gasteiger partial charge on any atom is -0.481 e. The summed E-state index contributed by atoms with van der Waals surface area (Å²) in [6.45, 7) is 6.87. The second-order valence-electron chi connectivity index (χ2n) is 4.68. The summed E-state index contributed by atoms with van der Waals surface area (Å²) in [5.41, 5.74) is 0. The molecule has 0 radical (unpaired) electrons. The van der Waals surface area contributed by atoms with Crippen LogP contribution in [0.2, 0.25) is 0 Å². The van der Waals surface area contributed by atoms with Gasteiger partial charge in [0.2, 0.25) is 5.91 Å². The summed E-state index contributed by atoms with van der Waals surface area (Å²) in [6, 6.07) is 0. The zero-order valence-electron chi connectivity index (χ0n) is 10.3. The van der Waals surface area contributed by atoms with Gasteiger partial charge in [0.25, 0.3) is 0 Å². The number of nitrogens with zero attached hydrogens (tertiary/aromatic N) is 1. The molecule has 0 spiro atoms. The predicted molar refractivity (Wildman–Crippen MR) is 60.9 cm³/mol. The van der Waals surface area contributed by atoms with Gasteiger partial charge in [-0.25, -0.2) is 0 Å². The van der Waals surface area contributed by atoms with Crippen LogP contribution in [0.15, 0.2) is 0 Å². The van der Waals surface area contributed by atoms with E-state index in [-0.39, 0.29) is 17.7 Å². The molecule has 0 aromatic rings. The topological polar surface area (TPSA) is 57.6 Å². The lowest BCUT2D eigenvalue weighted by molar-refractivity contribution is -0.142. The van der Waals surface area contributed by atoms with Crippen LogP contribution in [-0.2, 0) is 9.59 Å². The third-order valence-electron chi connectivity index (χ3n) is 3.58. The van der Waals surface area contributed by atoms with Gasteiger partial charge in [0, 0.05) is 19.0 Å². The van der Waals surface area contributed by atoms with Crippen LogP contribution >= 0.6 is 0 Å². The molecule has 2 unspecified atom stereocenters. The minimum absolute atomic E-state index is 0.0553. The van der Waals surface area contributed by atoms with Crippen molar-refractivity contribution in [1.29, 1.82) is 0 Å². The van der Waals surface area contributed by atoms with Crippen LogP contribution in [0.5, 0.6) is 0 Å². The van der Waals surface area contributed by atoms with Crippen LogP contribution < -0.4 is 0 Å². The first-order valence-electron chi connectivity index (χ1n) is 6.02. The van der Waals surface area contributed by atoms with Gasteiger partial charge in [-0.15, -0.1) is 0 Å². The molecule has 4 heteroatoms. The number of carbonyl (C=O) groups is 2. The lowest BCUT2D eigenvalue weighted by atomic mass is 9.99. The summed E-state index contributed by atoms with van der Waals surface area (Å²) in [4.78, 5) is 24.7. The van der Waals surface area contributed by atoms with Gasteiger partial charge in [0.05, 0.1) is 5.92 Å². The number of hydrogen-bond acceptors (Lipinski definition) is 2. The number of aliphatic carboxylic acids is 1. The van der Waals surface area contributed by atoms with E-state index in [9.17, 15) is 9.59 Å². The van der Waals surface area contributed by atoms with E-state index in [0.29, 0.717) is 13.1 Å². The van der Waals surface area contributed by atoms with E-state index in [1.54, 1.807) is 4.90 Å². The molecule has 1 rings (SSSR count). The van der Waals surface area contributed by atoms with Crippen LogP contribution in [0.25, 0.3) is 0 Å². The smallest absolute Gasteiger partial charge is 0.308 e. The van der Waals surface area contributed by atoms with E-state index < -0.39 is 11.9 Å². The van der Waals surface area contributed by atoms with Crippen molar-refractivity contribution in [3.63, 3.8) is 0 Å². The molecule has 1 saturated heterocycles. The maximum atomic E-state index is 12.1. The Morgan fingerprint density at radius 1 is 1.31 bits per heavy atom. The molecule has 16 heavy (non-hydrogen) atoms. The van der Waals surface area contributed by atoms with E-state index in [0.717, 1.165) is 12.8 Å². The van der Waals surface area contributed by atoms with Crippen molar-refractivity contribution in [2.45, 2.75) is 33.6 Å². The summed E-state index contributed by atoms with van der Waals surface area (Å²) in [5.74, 6) is -0.929. The third kappa shape index (κ3) is 2.54. The molecule has 1 N–H and O–H groups in total. The maximum Gasteiger partial charge on any atom is 0.308 e. The molecular weight excluding hydrogens is 206 g/mol. The van der Waals surface area contributed by atoms with Gasteiger partial charge in [-0.3, -0.25) is 9.59 Å². The second kappa shape index (κ2) is 5.32. The van der Waals surface area contributed by atoms with Gasteiger partial charge in [-0.05, 0) is 18.8 Å². The van der Waals surface area contributed by atoms with Crippen molar-refractivity contribution in [1.82, 2.24) is 4.90 Å². The summed E-state index contributed by atoms with van der Waals surface area (Å²) in [6.07, 6.45) is 1.66. The lowest BCUT2D eigenvalue weighted by Crippen LogP contribution is -2.34. The van der Waals surface area contributed by atoms with Crippen molar-refractivity contribution >= 4 is 11.9 Å². The molecule has 4 nitrogen and oxygen atoms in total. The minimum atomic E-state index is -0.785. The number of amides is 1. The fraction of sp³-hybridized carbons (Fsp3) is 0.833. The first-order chi connectivity index (χ1) is 7.51. The molecule has 0 aromatic carbocycles. The normalized spacial score (nSPS) is 25.1. The standard InChI is InChI=1S/C12H21NO3/c1-4-9(5-2)11(14)13-6-8(3)10(7-13)12(15)16/h8-10H,4-7H2,1-3H3,(H,15,16). The van der Waals surface area contributed by atoms with Gasteiger partial charge in [0.15, 0.2) is 0 Å². The largest absolute Gasteiger partial charge is 0.481 e. The summed E-state index contributed by atoms with van der Waals surface area (Å²) >= 11 is 0. The highest BCUT2D eigenvalue weighted by Crippen LogP contribution is 2.25. The summed E-state index contributed by atoms with van der Waals surface area (Å²) in [7, 11) is 0. The van der Waals surface area contributed by atoms with E-state index in [4.69, 9.17) is 5.11 Å². The van der Waals surface area contributed by atoms with E-state index in [1.165, 1.54) is 0 Å². The van der Waals surface area contributed by atoms with Crippen molar-refractivity contribution < 1.29 is 14.7 Å². The first-order valence-corrected chi connectivity index (χ1v) is 6.02. The van der Waals surface area contributed by atoms with Gasteiger partial charge in [-0.1, -0.05) is 20.8 Å². The number of carboxylic acid groups (broad SMARTS) is 1. The van der Waals surface area contributed by atoms with Crippen molar-refractivity contribution in [3.8, 4) is 0 Å². The van der Waals surface area contributed by atoms with Gasteiger partial charge in [-0.2, -0.15) is 0 Å². The Bertz CT molecular complexity index is 273. The third-order valence-corrected chi connectivity index (χ3v) is 3.58. The fourth-order valence-corrected chi connectivity index (χ4v) is 2.36. The highest BCUT2D eigenvalue weighted by Gasteiger charge is 2.38. The van der Waals surface area contributed by atoms with Gasteiger partial charge in [0.1, 0.15) is 0 Å². The number of carbonyl (C=O) groups excluding carboxylic acids is 1. The lowest BCUT2D eigenvalue weighted by Gasteiger charge is -2.21. The van der Waals surface area contributed by atoms with E-state index in [2.05, 4.69) is 0 Å². The molecular formula is C12H21NO3. The van der Waals surface area contributed by atoms with Crippen LogP contribution in [-0.4, -0.2) is 35.0 Å². The Balaban J connectivity index is 2.64. The highest BCUT2D eigenvalue weighted by molar-refractivity contribution is 5.80. The quantitative estimate of drug-likeness (QED) is 0.793. The summed E-state index contributed by atoms with van der Waals surface area (Å²) < 4.78 is 0. The molecule has 0 aliphatic carbocycles. The molecule has 0 saturated carbocycles. The zero-order valence-corrected chi connectivity index (χ0v) is 10.3. The predicted octanol–water partition coefficient (Wildman–Crippen LogP) is 1.60. The molecule has 0 aromatic heterocycles. The Morgan fingerprint density at radius 3 is 2.25 bits per heavy atom. The Kier molecular flexibility index (Phi) is 4.33. The molecule has 1 amide bonds. The van der Waals surface area contributed by atoms with Crippen LogP contribution in [0, 0.1) is 17.8 Å². The Hall–Kier alpha value is -1.06. The second-order valence-corrected chi connectivity index (χ2v) is 4.68. The molecule has 92 valence electrons. The number of likely N-dealkylation sites (tertiary alicyclic amines) is 1. The first kappa shape index (κ1) is 13.0. The fourth-order valence-electron chi connectivity index (χ4n) is 2.36.